The summed E-state index contributed by atoms with van der Waals surface area (Å²) in [6.07, 6.45) is 2.48. The number of rotatable bonds is 7. The number of methoxy groups -OCH3 is 3. The molecule has 0 unspecified atom stereocenters. The third-order valence-corrected chi connectivity index (χ3v) is 4.82. The molecule has 0 fully saturated rings. The van der Waals surface area contributed by atoms with Crippen molar-refractivity contribution in [1.29, 1.82) is 0 Å². The van der Waals surface area contributed by atoms with E-state index in [4.69, 9.17) is 14.2 Å². The Morgan fingerprint density at radius 3 is 2.66 bits per heavy atom. The number of amides is 2. The summed E-state index contributed by atoms with van der Waals surface area (Å²) in [5.74, 6) is 0.804. The van der Waals surface area contributed by atoms with Crippen molar-refractivity contribution in [3.05, 3.63) is 52.8 Å². The minimum atomic E-state index is -0.222. The number of carbonyl (C=O) groups excluding carboxylic acids is 2. The molecule has 154 valence electrons. The van der Waals surface area contributed by atoms with Crippen LogP contribution in [0.25, 0.3) is 0 Å². The van der Waals surface area contributed by atoms with Crippen LogP contribution in [-0.4, -0.2) is 56.2 Å². The summed E-state index contributed by atoms with van der Waals surface area (Å²) in [7, 11) is 4.58. The molecule has 8 nitrogen and oxygen atoms in total. The van der Waals surface area contributed by atoms with Crippen molar-refractivity contribution in [2.75, 3.05) is 34.5 Å². The van der Waals surface area contributed by atoms with Crippen molar-refractivity contribution in [2.45, 2.75) is 19.5 Å². The number of hydrogen-bond acceptors (Lipinski definition) is 6. The van der Waals surface area contributed by atoms with Crippen LogP contribution in [0.5, 0.6) is 11.5 Å². The molecule has 2 heterocycles. The Bertz CT molecular complexity index is 900. The highest BCUT2D eigenvalue weighted by Crippen LogP contribution is 2.27. The normalized spacial score (nSPS) is 12.9. The lowest BCUT2D eigenvalue weighted by Gasteiger charge is -2.28. The van der Waals surface area contributed by atoms with Crippen LogP contribution in [0.2, 0.25) is 0 Å². The number of benzene rings is 1. The smallest absolute Gasteiger partial charge is 0.251 e. The minimum absolute atomic E-state index is 0.0368. The van der Waals surface area contributed by atoms with Crippen LogP contribution in [0.15, 0.2) is 30.5 Å². The van der Waals surface area contributed by atoms with Gasteiger partial charge in [-0.25, -0.2) is 0 Å². The topological polar surface area (TPSA) is 90.0 Å². The van der Waals surface area contributed by atoms with Crippen LogP contribution in [0, 0.1) is 0 Å². The van der Waals surface area contributed by atoms with Gasteiger partial charge in [0, 0.05) is 50.6 Å². The van der Waals surface area contributed by atoms with Gasteiger partial charge in [-0.15, -0.1) is 0 Å². The Hall–Kier alpha value is -3.13. The van der Waals surface area contributed by atoms with Crippen LogP contribution in [0.3, 0.4) is 0 Å². The second kappa shape index (κ2) is 9.38. The monoisotopic (exact) mass is 399 g/mol. The maximum atomic E-state index is 12.5. The van der Waals surface area contributed by atoms with E-state index in [1.165, 1.54) is 14.2 Å². The Morgan fingerprint density at radius 2 is 1.93 bits per heavy atom. The van der Waals surface area contributed by atoms with Crippen molar-refractivity contribution in [1.82, 2.24) is 15.2 Å². The summed E-state index contributed by atoms with van der Waals surface area (Å²) in [6.45, 7) is 1.54. The van der Waals surface area contributed by atoms with E-state index in [1.54, 1.807) is 36.4 Å². The summed E-state index contributed by atoms with van der Waals surface area (Å²) in [6, 6.07) is 7.00. The van der Waals surface area contributed by atoms with Gasteiger partial charge in [0.15, 0.2) is 11.5 Å². The zero-order valence-electron chi connectivity index (χ0n) is 16.9. The van der Waals surface area contributed by atoms with Gasteiger partial charge in [-0.1, -0.05) is 0 Å². The van der Waals surface area contributed by atoms with Gasteiger partial charge in [0.2, 0.25) is 5.91 Å². The van der Waals surface area contributed by atoms with Crippen LogP contribution < -0.4 is 14.8 Å². The van der Waals surface area contributed by atoms with E-state index in [9.17, 15) is 9.59 Å². The summed E-state index contributed by atoms with van der Waals surface area (Å²) in [5, 5.41) is 2.89. The van der Waals surface area contributed by atoms with Crippen molar-refractivity contribution >= 4 is 11.8 Å². The Morgan fingerprint density at radius 1 is 1.14 bits per heavy atom. The van der Waals surface area contributed by atoms with E-state index in [2.05, 4.69) is 10.3 Å². The van der Waals surface area contributed by atoms with Gasteiger partial charge in [-0.2, -0.15) is 0 Å². The Labute approximate surface area is 169 Å². The predicted octanol–water partition coefficient (Wildman–Crippen LogP) is 1.56. The third-order valence-electron chi connectivity index (χ3n) is 4.82. The fourth-order valence-corrected chi connectivity index (χ4v) is 3.26. The minimum Gasteiger partial charge on any atom is -0.493 e. The number of hydrogen-bond donors (Lipinski definition) is 1. The van der Waals surface area contributed by atoms with Gasteiger partial charge in [0.05, 0.1) is 14.2 Å². The lowest BCUT2D eigenvalue weighted by Crippen LogP contribution is -2.38. The molecule has 2 amide bonds. The lowest BCUT2D eigenvalue weighted by atomic mass is 10.0. The lowest BCUT2D eigenvalue weighted by molar-refractivity contribution is -0.136. The summed E-state index contributed by atoms with van der Waals surface area (Å²) >= 11 is 0. The summed E-state index contributed by atoms with van der Waals surface area (Å²) in [4.78, 5) is 30.8. The molecule has 2 aromatic rings. The van der Waals surface area contributed by atoms with E-state index in [0.29, 0.717) is 43.1 Å². The maximum absolute atomic E-state index is 12.5. The Kier molecular flexibility index (Phi) is 6.66. The first-order valence-corrected chi connectivity index (χ1v) is 9.29. The maximum Gasteiger partial charge on any atom is 0.251 e. The molecule has 0 spiro atoms. The highest BCUT2D eigenvalue weighted by Gasteiger charge is 2.21. The molecule has 0 aliphatic carbocycles. The van der Waals surface area contributed by atoms with Gasteiger partial charge in [-0.05, 0) is 35.4 Å². The first-order valence-electron chi connectivity index (χ1n) is 9.29. The van der Waals surface area contributed by atoms with Gasteiger partial charge >= 0.3 is 0 Å². The van der Waals surface area contributed by atoms with Gasteiger partial charge in [-0.3, -0.25) is 14.6 Å². The van der Waals surface area contributed by atoms with Crippen LogP contribution in [0.4, 0.5) is 0 Å². The quantitative estimate of drug-likeness (QED) is 0.760. The van der Waals surface area contributed by atoms with E-state index >= 15 is 0 Å². The standard InChI is InChI=1S/C21H25N3O5/c1-27-13-20(25)24-7-6-17-16(12-24)8-14(10-22-17)11-23-21(26)15-4-5-18(28-2)19(9-15)29-3/h4-5,8-10H,6-7,11-13H2,1-3H3,(H,23,26). The van der Waals surface area contributed by atoms with Crippen LogP contribution >= 0.6 is 0 Å². The first-order chi connectivity index (χ1) is 14.0. The van der Waals surface area contributed by atoms with Crippen molar-refractivity contribution in [3.8, 4) is 11.5 Å². The fraction of sp³-hybridized carbons (Fsp3) is 0.381. The van der Waals surface area contributed by atoms with Gasteiger partial charge in [0.25, 0.3) is 5.91 Å². The van der Waals surface area contributed by atoms with Gasteiger partial charge in [0.1, 0.15) is 6.61 Å². The zero-order valence-corrected chi connectivity index (χ0v) is 16.9. The van der Waals surface area contributed by atoms with Crippen molar-refractivity contribution < 1.29 is 23.8 Å². The number of pyridine rings is 1. The first kappa shape index (κ1) is 20.6. The number of aromatic nitrogens is 1. The molecule has 29 heavy (non-hydrogen) atoms. The predicted molar refractivity (Wildman–Crippen MR) is 106 cm³/mol. The molecule has 0 radical (unpaired) electrons. The number of fused-ring (bicyclic) bond motifs is 1. The zero-order chi connectivity index (χ0) is 20.8. The molecule has 1 N–H and O–H groups in total. The van der Waals surface area contributed by atoms with E-state index in [1.807, 2.05) is 6.07 Å². The van der Waals surface area contributed by atoms with E-state index in [-0.39, 0.29) is 18.4 Å². The second-order valence-electron chi connectivity index (χ2n) is 6.70. The number of carbonyl (C=O) groups is 2. The molecular weight excluding hydrogens is 374 g/mol. The average molecular weight is 399 g/mol. The molecule has 1 aliphatic rings. The molecule has 1 aromatic carbocycles. The highest BCUT2D eigenvalue weighted by molar-refractivity contribution is 5.94. The number of nitrogens with one attached hydrogen (secondary N) is 1. The molecule has 1 aromatic heterocycles. The number of ether oxygens (including phenoxy) is 3. The van der Waals surface area contributed by atoms with Crippen LogP contribution in [-0.2, 0) is 29.0 Å². The molecule has 0 bridgehead atoms. The van der Waals surface area contributed by atoms with Crippen LogP contribution in [0.1, 0.15) is 27.2 Å². The highest BCUT2D eigenvalue weighted by atomic mass is 16.5. The Balaban J connectivity index is 1.65. The molecule has 0 saturated heterocycles. The molecular formula is C21H25N3O5. The van der Waals surface area contributed by atoms with Crippen molar-refractivity contribution in [2.24, 2.45) is 0 Å². The van der Waals surface area contributed by atoms with E-state index in [0.717, 1.165) is 16.8 Å². The largest absolute Gasteiger partial charge is 0.493 e. The molecule has 0 atom stereocenters. The molecule has 3 rings (SSSR count). The molecule has 8 heteroatoms. The second-order valence-corrected chi connectivity index (χ2v) is 6.70. The van der Waals surface area contributed by atoms with E-state index < -0.39 is 0 Å². The third kappa shape index (κ3) is 4.83. The average Bonchev–Trinajstić information content (AvgIpc) is 2.76. The summed E-state index contributed by atoms with van der Waals surface area (Å²) < 4.78 is 15.4. The molecule has 1 aliphatic heterocycles. The molecule has 0 saturated carbocycles. The number of nitrogens with zero attached hydrogens (tertiary/aromatic N) is 2. The summed E-state index contributed by atoms with van der Waals surface area (Å²) in [5.41, 5.74) is 3.34. The fourth-order valence-electron chi connectivity index (χ4n) is 3.26. The van der Waals surface area contributed by atoms with Gasteiger partial charge < -0.3 is 24.4 Å². The SMILES string of the molecule is COCC(=O)N1CCc2ncc(CNC(=O)c3ccc(OC)c(OC)c3)cc2C1. The van der Waals surface area contributed by atoms with Crippen molar-refractivity contribution in [3.63, 3.8) is 0 Å².